The fourth-order valence-electron chi connectivity index (χ4n) is 2.47. The topological polar surface area (TPSA) is 66.4 Å². The molecule has 118 valence electrons. The van der Waals surface area contributed by atoms with Gasteiger partial charge in [-0.2, -0.15) is 0 Å². The van der Waals surface area contributed by atoms with E-state index in [2.05, 4.69) is 11.4 Å². The molecule has 0 heterocycles. The third-order valence-electron chi connectivity index (χ3n) is 3.48. The van der Waals surface area contributed by atoms with Crippen molar-refractivity contribution in [2.75, 3.05) is 11.1 Å². The minimum Gasteiger partial charge on any atom is -0.481 e. The highest BCUT2D eigenvalue weighted by Gasteiger charge is 2.09. The summed E-state index contributed by atoms with van der Waals surface area (Å²) in [5, 5.41) is 11.6. The van der Waals surface area contributed by atoms with Crippen LogP contribution in [0.1, 0.15) is 37.7 Å². The van der Waals surface area contributed by atoms with E-state index in [0.717, 1.165) is 24.1 Å². The van der Waals surface area contributed by atoms with E-state index in [1.807, 2.05) is 24.3 Å². The second kappa shape index (κ2) is 8.63. The first-order valence-electron chi connectivity index (χ1n) is 7.50. The molecule has 0 bridgehead atoms. The Morgan fingerprint density at radius 2 is 2.14 bits per heavy atom. The lowest BCUT2D eigenvalue weighted by Gasteiger charge is -2.13. The molecule has 0 unspecified atom stereocenters. The Kier molecular flexibility index (Phi) is 6.52. The van der Waals surface area contributed by atoms with Crippen LogP contribution in [0.3, 0.4) is 0 Å². The molecule has 2 rings (SSSR count). The van der Waals surface area contributed by atoms with Crippen molar-refractivity contribution in [3.63, 3.8) is 0 Å². The lowest BCUT2D eigenvalue weighted by atomic mass is 9.97. The molecule has 0 spiro atoms. The van der Waals surface area contributed by atoms with Crippen LogP contribution < -0.4 is 5.32 Å². The van der Waals surface area contributed by atoms with Crippen molar-refractivity contribution in [2.24, 2.45) is 0 Å². The van der Waals surface area contributed by atoms with Crippen LogP contribution in [0.2, 0.25) is 0 Å². The molecule has 0 saturated carbocycles. The van der Waals surface area contributed by atoms with E-state index in [1.165, 1.54) is 30.2 Å². The average molecular weight is 319 g/mol. The summed E-state index contributed by atoms with van der Waals surface area (Å²) in [7, 11) is 0. The summed E-state index contributed by atoms with van der Waals surface area (Å²) in [6.07, 6.45) is 7.16. The Bertz CT molecular complexity index is 569. The molecule has 1 aromatic rings. The van der Waals surface area contributed by atoms with Crippen LogP contribution in [-0.2, 0) is 15.3 Å². The summed E-state index contributed by atoms with van der Waals surface area (Å²) < 4.78 is 0. The molecule has 0 radical (unpaired) electrons. The van der Waals surface area contributed by atoms with E-state index in [9.17, 15) is 9.59 Å². The average Bonchev–Trinajstić information content (AvgIpc) is 2.48. The van der Waals surface area contributed by atoms with Gasteiger partial charge in [0.05, 0.1) is 5.75 Å². The predicted octanol–water partition coefficient (Wildman–Crippen LogP) is 3.83. The summed E-state index contributed by atoms with van der Waals surface area (Å²) in [5.41, 5.74) is 3.02. The smallest absolute Gasteiger partial charge is 0.313 e. The van der Waals surface area contributed by atoms with Crippen LogP contribution in [0.15, 0.2) is 35.9 Å². The van der Waals surface area contributed by atoms with Gasteiger partial charge in [-0.05, 0) is 43.4 Å². The van der Waals surface area contributed by atoms with E-state index in [0.29, 0.717) is 12.2 Å². The number of aliphatic carboxylic acids is 1. The number of benzene rings is 1. The first-order valence-corrected chi connectivity index (χ1v) is 8.65. The van der Waals surface area contributed by atoms with Gasteiger partial charge in [0.2, 0.25) is 5.91 Å². The van der Waals surface area contributed by atoms with Crippen molar-refractivity contribution in [2.45, 2.75) is 37.9 Å². The molecule has 5 heteroatoms. The van der Waals surface area contributed by atoms with Gasteiger partial charge in [0.1, 0.15) is 0 Å². The fraction of sp³-hybridized carbons (Fsp3) is 0.412. The molecule has 2 N–H and O–H groups in total. The normalized spacial score (nSPS) is 14.3. The number of amides is 1. The number of anilines is 1. The predicted molar refractivity (Wildman–Crippen MR) is 90.0 cm³/mol. The molecule has 0 atom stereocenters. The summed E-state index contributed by atoms with van der Waals surface area (Å²) in [5.74, 6) is -0.0787. The monoisotopic (exact) mass is 319 g/mol. The van der Waals surface area contributed by atoms with Gasteiger partial charge in [-0.3, -0.25) is 9.59 Å². The highest BCUT2D eigenvalue weighted by Crippen LogP contribution is 2.21. The standard InChI is InChI=1S/C17H21NO3S/c19-16(10-13-5-2-1-3-6-13)18-15-8-4-7-14(9-15)11-22-12-17(20)21/h4-5,7-9H,1-3,6,10-12H2,(H,18,19)(H,20,21). The van der Waals surface area contributed by atoms with Crippen molar-refractivity contribution < 1.29 is 14.7 Å². The summed E-state index contributed by atoms with van der Waals surface area (Å²) in [6.45, 7) is 0. The Hall–Kier alpha value is -1.75. The lowest BCUT2D eigenvalue weighted by Crippen LogP contribution is -2.13. The van der Waals surface area contributed by atoms with Crippen molar-refractivity contribution in [3.8, 4) is 0 Å². The van der Waals surface area contributed by atoms with Crippen LogP contribution in [0.4, 0.5) is 5.69 Å². The van der Waals surface area contributed by atoms with Gasteiger partial charge >= 0.3 is 5.97 Å². The number of nitrogens with one attached hydrogen (secondary N) is 1. The maximum Gasteiger partial charge on any atom is 0.313 e. The number of allylic oxidation sites excluding steroid dienone is 1. The van der Waals surface area contributed by atoms with Gasteiger partial charge < -0.3 is 10.4 Å². The van der Waals surface area contributed by atoms with Gasteiger partial charge in [-0.1, -0.05) is 23.8 Å². The molecule has 1 aliphatic carbocycles. The second-order valence-electron chi connectivity index (χ2n) is 5.42. The Morgan fingerprint density at radius 3 is 2.86 bits per heavy atom. The quantitative estimate of drug-likeness (QED) is 0.750. The molecule has 0 aliphatic heterocycles. The molecule has 0 aromatic heterocycles. The van der Waals surface area contributed by atoms with E-state index in [-0.39, 0.29) is 11.7 Å². The van der Waals surface area contributed by atoms with Gasteiger partial charge in [0, 0.05) is 17.9 Å². The summed E-state index contributed by atoms with van der Waals surface area (Å²) in [6, 6.07) is 7.58. The lowest BCUT2D eigenvalue weighted by molar-refractivity contribution is -0.133. The van der Waals surface area contributed by atoms with Crippen LogP contribution in [0, 0.1) is 0 Å². The second-order valence-corrected chi connectivity index (χ2v) is 6.41. The third kappa shape index (κ3) is 5.93. The van der Waals surface area contributed by atoms with Crippen LogP contribution in [-0.4, -0.2) is 22.7 Å². The van der Waals surface area contributed by atoms with Crippen LogP contribution in [0.5, 0.6) is 0 Å². The van der Waals surface area contributed by atoms with Crippen molar-refractivity contribution in [3.05, 3.63) is 41.5 Å². The van der Waals surface area contributed by atoms with Gasteiger partial charge in [-0.15, -0.1) is 11.8 Å². The van der Waals surface area contributed by atoms with Gasteiger partial charge in [0.15, 0.2) is 0 Å². The molecular weight excluding hydrogens is 298 g/mol. The minimum atomic E-state index is -0.810. The number of carboxylic acid groups (broad SMARTS) is 1. The highest BCUT2D eigenvalue weighted by molar-refractivity contribution is 7.99. The fourth-order valence-corrected chi connectivity index (χ4v) is 3.16. The van der Waals surface area contributed by atoms with E-state index in [4.69, 9.17) is 5.11 Å². The van der Waals surface area contributed by atoms with E-state index >= 15 is 0 Å². The first-order chi connectivity index (χ1) is 10.6. The number of rotatable bonds is 7. The number of carbonyl (C=O) groups excluding carboxylic acids is 1. The number of carbonyl (C=O) groups is 2. The Labute approximate surface area is 135 Å². The largest absolute Gasteiger partial charge is 0.481 e. The number of hydrogen-bond donors (Lipinski definition) is 2. The highest BCUT2D eigenvalue weighted by atomic mass is 32.2. The Balaban J connectivity index is 1.85. The minimum absolute atomic E-state index is 0.0171. The number of thioether (sulfide) groups is 1. The number of carboxylic acids is 1. The summed E-state index contributed by atoms with van der Waals surface area (Å²) in [4.78, 5) is 22.6. The third-order valence-corrected chi connectivity index (χ3v) is 4.47. The zero-order chi connectivity index (χ0) is 15.8. The Morgan fingerprint density at radius 1 is 1.27 bits per heavy atom. The van der Waals surface area contributed by atoms with Crippen LogP contribution >= 0.6 is 11.8 Å². The van der Waals surface area contributed by atoms with Crippen molar-refractivity contribution in [1.29, 1.82) is 0 Å². The van der Waals surface area contributed by atoms with Crippen molar-refractivity contribution in [1.82, 2.24) is 0 Å². The molecule has 0 saturated heterocycles. The van der Waals surface area contributed by atoms with Gasteiger partial charge in [0.25, 0.3) is 0 Å². The first kappa shape index (κ1) is 16.6. The maximum atomic E-state index is 12.1. The molecule has 1 aliphatic rings. The molecule has 1 aromatic carbocycles. The zero-order valence-corrected chi connectivity index (χ0v) is 13.3. The molecule has 1 amide bonds. The molecular formula is C17H21NO3S. The molecule has 0 fully saturated rings. The van der Waals surface area contributed by atoms with Gasteiger partial charge in [-0.25, -0.2) is 0 Å². The maximum absolute atomic E-state index is 12.1. The van der Waals surface area contributed by atoms with E-state index < -0.39 is 5.97 Å². The summed E-state index contributed by atoms with van der Waals surface area (Å²) >= 11 is 1.35. The SMILES string of the molecule is O=C(O)CSCc1cccc(NC(=O)CC2=CCCCC2)c1. The zero-order valence-electron chi connectivity index (χ0n) is 12.5. The van der Waals surface area contributed by atoms with Crippen LogP contribution in [0.25, 0.3) is 0 Å². The molecule has 4 nitrogen and oxygen atoms in total. The number of hydrogen-bond acceptors (Lipinski definition) is 3. The molecule has 22 heavy (non-hydrogen) atoms. The van der Waals surface area contributed by atoms with Crippen molar-refractivity contribution >= 4 is 29.3 Å². The van der Waals surface area contributed by atoms with E-state index in [1.54, 1.807) is 0 Å².